The molecule has 2 aromatic heterocycles. The molecule has 4 heteroatoms. The predicted octanol–water partition coefficient (Wildman–Crippen LogP) is 12.8. The van der Waals surface area contributed by atoms with Crippen molar-refractivity contribution in [3.8, 4) is 56.3 Å². The second kappa shape index (κ2) is 12.8. The molecule has 54 heavy (non-hydrogen) atoms. The lowest BCUT2D eigenvalue weighted by molar-refractivity contribution is 0.446. The number of nitrogens with zero attached hydrogens (tertiary/aromatic N) is 3. The number of benzene rings is 5. The summed E-state index contributed by atoms with van der Waals surface area (Å²) in [5.41, 5.74) is 15.8. The third-order valence-corrected chi connectivity index (χ3v) is 11.1. The zero-order valence-electron chi connectivity index (χ0n) is 33.2. The molecule has 1 N–H and O–H groups in total. The number of phenolic OH excluding ortho intramolecular Hbond substituents is 1. The minimum Gasteiger partial charge on any atom is -0.507 e. The second-order valence-corrected chi connectivity index (χ2v) is 18.1. The van der Waals surface area contributed by atoms with E-state index < -0.39 is 0 Å². The molecule has 0 atom stereocenters. The molecule has 3 heterocycles. The molecule has 0 amide bonds. The van der Waals surface area contributed by atoms with Crippen molar-refractivity contribution in [1.29, 1.82) is 0 Å². The van der Waals surface area contributed by atoms with Crippen LogP contribution in [0.5, 0.6) is 5.75 Å². The van der Waals surface area contributed by atoms with E-state index in [-0.39, 0.29) is 16.2 Å². The van der Waals surface area contributed by atoms with Crippen molar-refractivity contribution < 1.29 is 5.11 Å². The average molecular weight is 710 g/mol. The molecule has 272 valence electrons. The Morgan fingerprint density at radius 1 is 0.556 bits per heavy atom. The van der Waals surface area contributed by atoms with E-state index in [4.69, 9.17) is 9.97 Å². The summed E-state index contributed by atoms with van der Waals surface area (Å²) in [7, 11) is 0. The second-order valence-electron chi connectivity index (χ2n) is 18.1. The Morgan fingerprint density at radius 2 is 1.22 bits per heavy atom. The van der Waals surface area contributed by atoms with Gasteiger partial charge in [-0.2, -0.15) is 0 Å². The van der Waals surface area contributed by atoms with Crippen LogP contribution in [0.3, 0.4) is 0 Å². The lowest BCUT2D eigenvalue weighted by Crippen LogP contribution is -2.17. The van der Waals surface area contributed by atoms with E-state index >= 15 is 0 Å². The van der Waals surface area contributed by atoms with Crippen LogP contribution in [0.15, 0.2) is 115 Å². The number of imidazole rings is 1. The molecule has 8 rings (SSSR count). The third-order valence-electron chi connectivity index (χ3n) is 11.1. The van der Waals surface area contributed by atoms with E-state index in [9.17, 15) is 5.11 Å². The number of hydrogen-bond acceptors (Lipinski definition) is 3. The fourth-order valence-electron chi connectivity index (χ4n) is 7.88. The number of rotatable bonds is 4. The summed E-state index contributed by atoms with van der Waals surface area (Å²) in [6, 6.07) is 39.3. The minimum absolute atomic E-state index is 0.101. The summed E-state index contributed by atoms with van der Waals surface area (Å²) in [4.78, 5) is 10.5. The van der Waals surface area contributed by atoms with Crippen molar-refractivity contribution in [3.63, 3.8) is 0 Å². The lowest BCUT2D eigenvalue weighted by Gasteiger charge is -2.27. The normalized spacial score (nSPS) is 13.2. The van der Waals surface area contributed by atoms with Gasteiger partial charge in [-0.3, -0.25) is 9.55 Å². The molecule has 0 bridgehead atoms. The summed E-state index contributed by atoms with van der Waals surface area (Å²) in [5.74, 6) is 1.07. The van der Waals surface area contributed by atoms with Gasteiger partial charge in [-0.15, -0.1) is 0 Å². The molecular formula is C50H51N3O. The fourth-order valence-corrected chi connectivity index (χ4v) is 7.88. The van der Waals surface area contributed by atoms with Gasteiger partial charge in [0.2, 0.25) is 0 Å². The Balaban J connectivity index is 1.43. The molecule has 0 aliphatic carbocycles. The third kappa shape index (κ3) is 6.32. The summed E-state index contributed by atoms with van der Waals surface area (Å²) in [6.07, 6.45) is 3.75. The highest BCUT2D eigenvalue weighted by atomic mass is 16.3. The Morgan fingerprint density at radius 3 is 1.94 bits per heavy atom. The first-order chi connectivity index (χ1) is 25.6. The van der Waals surface area contributed by atoms with Gasteiger partial charge in [0.05, 0.1) is 28.0 Å². The number of pyridine rings is 1. The van der Waals surface area contributed by atoms with Crippen LogP contribution in [0.1, 0.15) is 90.1 Å². The van der Waals surface area contributed by atoms with Gasteiger partial charge in [-0.1, -0.05) is 135 Å². The maximum absolute atomic E-state index is 12.2. The Bertz CT molecular complexity index is 2550. The Hall–Kier alpha value is -5.48. The van der Waals surface area contributed by atoms with E-state index in [0.29, 0.717) is 5.75 Å². The molecule has 0 unspecified atom stereocenters. The summed E-state index contributed by atoms with van der Waals surface area (Å²) < 4.78 is 2.34. The van der Waals surface area contributed by atoms with E-state index in [0.717, 1.165) is 74.5 Å². The summed E-state index contributed by atoms with van der Waals surface area (Å²) in [5, 5.41) is 12.2. The number of aromatic nitrogens is 3. The van der Waals surface area contributed by atoms with Gasteiger partial charge in [0, 0.05) is 22.9 Å². The number of hydrogen-bond donors (Lipinski definition) is 1. The fraction of sp³-hybridized carbons (Fsp3) is 0.280. The van der Waals surface area contributed by atoms with Crippen molar-refractivity contribution in [2.45, 2.75) is 91.4 Å². The average Bonchev–Trinajstić information content (AvgIpc) is 3.45. The monoisotopic (exact) mass is 709 g/mol. The van der Waals surface area contributed by atoms with Crippen LogP contribution in [-0.4, -0.2) is 19.6 Å². The van der Waals surface area contributed by atoms with Crippen molar-refractivity contribution >= 4 is 11.0 Å². The first kappa shape index (κ1) is 35.5. The topological polar surface area (TPSA) is 50.9 Å². The first-order valence-corrected chi connectivity index (χ1v) is 19.3. The molecule has 7 aromatic rings. The van der Waals surface area contributed by atoms with Gasteiger partial charge < -0.3 is 5.11 Å². The predicted molar refractivity (Wildman–Crippen MR) is 226 cm³/mol. The molecule has 0 fully saturated rings. The lowest BCUT2D eigenvalue weighted by atomic mass is 9.79. The van der Waals surface area contributed by atoms with Crippen LogP contribution in [0.25, 0.3) is 61.6 Å². The number of fused-ring (bicyclic) bond motifs is 2. The molecule has 0 saturated heterocycles. The van der Waals surface area contributed by atoms with Crippen molar-refractivity contribution in [3.05, 3.63) is 143 Å². The zero-order chi connectivity index (χ0) is 38.2. The van der Waals surface area contributed by atoms with Gasteiger partial charge in [-0.05, 0) is 104 Å². The summed E-state index contributed by atoms with van der Waals surface area (Å²) >= 11 is 0. The highest BCUT2D eigenvalue weighted by molar-refractivity contribution is 5.99. The van der Waals surface area contributed by atoms with Gasteiger partial charge in [0.25, 0.3) is 0 Å². The van der Waals surface area contributed by atoms with Crippen LogP contribution in [0.4, 0.5) is 0 Å². The highest BCUT2D eigenvalue weighted by Gasteiger charge is 2.30. The van der Waals surface area contributed by atoms with E-state index in [1.54, 1.807) is 0 Å². The molecule has 0 saturated carbocycles. The molecule has 1 aliphatic heterocycles. The standard InChI is InChI=1S/C50H51N3O/c1-48(2,3)37-26-35(25-36(27-37)42-28-34(23-24-51-42)31-15-11-10-12-16-31)39-22-21-33-20-19-32-17-13-14-18-43(32)53-45(33)44(39)52-47(53)40-29-38(49(4,5)6)30-41(46(40)54)50(7,8)9/h10-18,21-30,54H,19-20H2,1-9H3. The van der Waals surface area contributed by atoms with Gasteiger partial charge in [0.1, 0.15) is 11.6 Å². The molecule has 0 radical (unpaired) electrons. The van der Waals surface area contributed by atoms with Crippen LogP contribution in [0.2, 0.25) is 0 Å². The molecule has 1 aliphatic rings. The number of aryl methyl sites for hydroxylation is 2. The smallest absolute Gasteiger partial charge is 0.149 e. The summed E-state index contributed by atoms with van der Waals surface area (Å²) in [6.45, 7) is 20.0. The number of phenols is 1. The van der Waals surface area contributed by atoms with E-state index in [1.807, 2.05) is 6.20 Å². The van der Waals surface area contributed by atoms with Crippen LogP contribution in [-0.2, 0) is 29.1 Å². The maximum atomic E-state index is 12.2. The maximum Gasteiger partial charge on any atom is 0.149 e. The van der Waals surface area contributed by atoms with Crippen molar-refractivity contribution in [2.75, 3.05) is 0 Å². The molecule has 0 spiro atoms. The van der Waals surface area contributed by atoms with Gasteiger partial charge in [-0.25, -0.2) is 4.98 Å². The largest absolute Gasteiger partial charge is 0.507 e. The van der Waals surface area contributed by atoms with Gasteiger partial charge in [0.15, 0.2) is 0 Å². The van der Waals surface area contributed by atoms with Crippen molar-refractivity contribution in [1.82, 2.24) is 14.5 Å². The first-order valence-electron chi connectivity index (χ1n) is 19.3. The number of aromatic hydroxyl groups is 1. The zero-order valence-corrected chi connectivity index (χ0v) is 33.2. The highest BCUT2D eigenvalue weighted by Crippen LogP contribution is 2.46. The molecular weight excluding hydrogens is 659 g/mol. The minimum atomic E-state index is -0.269. The van der Waals surface area contributed by atoms with Crippen molar-refractivity contribution in [2.24, 2.45) is 0 Å². The SMILES string of the molecule is CC(C)(C)c1cc(-c2cc(-c3ccccc3)ccn2)cc(-c2ccc3c4c2nc(-c2cc(C(C)(C)C)cc(C(C)(C)C)c2O)n4-c2ccccc2CC3)c1. The quantitative estimate of drug-likeness (QED) is 0.198. The van der Waals surface area contributed by atoms with E-state index in [2.05, 4.69) is 176 Å². The molecule has 4 nitrogen and oxygen atoms in total. The Labute approximate surface area is 320 Å². The van der Waals surface area contributed by atoms with Crippen LogP contribution in [0, 0.1) is 0 Å². The number of para-hydroxylation sites is 1. The Kier molecular flexibility index (Phi) is 8.45. The molecule has 5 aromatic carbocycles. The van der Waals surface area contributed by atoms with Gasteiger partial charge >= 0.3 is 0 Å². The van der Waals surface area contributed by atoms with E-state index in [1.165, 1.54) is 27.8 Å². The van der Waals surface area contributed by atoms with Crippen LogP contribution < -0.4 is 0 Å². The van der Waals surface area contributed by atoms with Crippen LogP contribution >= 0.6 is 0 Å².